The maximum atomic E-state index is 13.8. The van der Waals surface area contributed by atoms with Gasteiger partial charge in [-0.05, 0) is 32.9 Å². The molecule has 3 heterocycles. The number of nitrogens with one attached hydrogen (secondary N) is 1. The predicted octanol–water partition coefficient (Wildman–Crippen LogP) is 2.83. The number of aliphatic hydroxyl groups excluding tert-OH is 1. The van der Waals surface area contributed by atoms with E-state index in [0.717, 1.165) is 0 Å². The van der Waals surface area contributed by atoms with Crippen molar-refractivity contribution in [2.75, 3.05) is 19.5 Å². The lowest BCUT2D eigenvalue weighted by Gasteiger charge is -2.29. The zero-order valence-corrected chi connectivity index (χ0v) is 24.1. The molecule has 0 bridgehead atoms. The number of nitrogen functional groups attached to an aromatic ring is 1. The minimum absolute atomic E-state index is 0.0162. The molecule has 40 heavy (non-hydrogen) atoms. The number of hydrogen-bond acceptors (Lipinski definition) is 12. The Kier molecular flexibility index (Phi) is 8.66. The molecule has 1 saturated heterocycles. The van der Waals surface area contributed by atoms with Crippen LogP contribution < -0.4 is 20.1 Å². The molecule has 0 aliphatic carbocycles. The quantitative estimate of drug-likeness (QED) is 0.223. The molecule has 4 rings (SSSR count). The Labute approximate surface area is 231 Å². The largest absolute Gasteiger partial charge is 0.479 e. The number of nitrogens with two attached hydrogens (primary N) is 1. The van der Waals surface area contributed by atoms with Crippen LogP contribution in [0.25, 0.3) is 11.2 Å². The lowest BCUT2D eigenvalue weighted by molar-refractivity contribution is -0.149. The molecule has 0 spiro atoms. The Morgan fingerprint density at radius 2 is 1.95 bits per heavy atom. The van der Waals surface area contributed by atoms with Crippen molar-refractivity contribution in [2.24, 2.45) is 5.41 Å². The number of esters is 1. The first kappa shape index (κ1) is 29.7. The number of methoxy groups -OCH3 is 1. The summed E-state index contributed by atoms with van der Waals surface area (Å²) in [5.74, 6) is -0.187. The molecule has 218 valence electrons. The zero-order valence-electron chi connectivity index (χ0n) is 23.2. The molecular formula is C25H35N6O8P. The molecule has 14 nitrogen and oxygen atoms in total. The highest BCUT2D eigenvalue weighted by Crippen LogP contribution is 2.49. The molecule has 5 atom stereocenters. The zero-order chi connectivity index (χ0) is 29.2. The number of imidazole rings is 1. The number of benzene rings is 1. The first-order chi connectivity index (χ1) is 18.8. The Bertz CT molecular complexity index is 1380. The van der Waals surface area contributed by atoms with Crippen LogP contribution in [0.4, 0.5) is 5.95 Å². The lowest BCUT2D eigenvalue weighted by Crippen LogP contribution is -2.38. The third-order valence-electron chi connectivity index (χ3n) is 6.34. The van der Waals surface area contributed by atoms with Gasteiger partial charge in [-0.2, -0.15) is 15.1 Å². The maximum absolute atomic E-state index is 13.8. The van der Waals surface area contributed by atoms with Crippen molar-refractivity contribution in [2.45, 2.75) is 65.2 Å². The van der Waals surface area contributed by atoms with E-state index < -0.39 is 43.6 Å². The summed E-state index contributed by atoms with van der Waals surface area (Å²) in [5.41, 5.74) is 5.71. The highest BCUT2D eigenvalue weighted by atomic mass is 31.2. The Balaban J connectivity index is 1.56. The molecule has 2 aromatic heterocycles. The first-order valence-corrected chi connectivity index (χ1v) is 14.2. The van der Waals surface area contributed by atoms with Crippen LogP contribution in [-0.2, 0) is 23.4 Å². The van der Waals surface area contributed by atoms with E-state index in [-0.39, 0.29) is 30.3 Å². The van der Waals surface area contributed by atoms with Gasteiger partial charge in [-0.1, -0.05) is 32.0 Å². The molecule has 1 unspecified atom stereocenters. The minimum atomic E-state index is -4.17. The number of aliphatic hydroxyl groups is 1. The van der Waals surface area contributed by atoms with Gasteiger partial charge in [0.2, 0.25) is 11.8 Å². The van der Waals surface area contributed by atoms with Gasteiger partial charge in [0.05, 0.1) is 32.3 Å². The Hall–Kier alpha value is -3.29. The van der Waals surface area contributed by atoms with E-state index in [9.17, 15) is 14.5 Å². The van der Waals surface area contributed by atoms with Crippen molar-refractivity contribution in [1.29, 1.82) is 0 Å². The lowest BCUT2D eigenvalue weighted by atomic mass is 9.84. The molecule has 3 aromatic rings. The summed E-state index contributed by atoms with van der Waals surface area (Å²) in [6.45, 7) is 8.17. The third-order valence-corrected chi connectivity index (χ3v) is 7.99. The predicted molar refractivity (Wildman–Crippen MR) is 144 cm³/mol. The van der Waals surface area contributed by atoms with Gasteiger partial charge in [0, 0.05) is 5.41 Å². The molecule has 4 N–H and O–H groups in total. The number of hydrogen-bond donors (Lipinski definition) is 3. The number of rotatable bonds is 11. The Morgan fingerprint density at radius 1 is 1.25 bits per heavy atom. The van der Waals surface area contributed by atoms with E-state index in [0.29, 0.717) is 11.2 Å². The van der Waals surface area contributed by atoms with Crippen molar-refractivity contribution >= 4 is 30.8 Å². The van der Waals surface area contributed by atoms with Gasteiger partial charge in [-0.15, -0.1) is 0 Å². The molecule has 0 amide bonds. The summed E-state index contributed by atoms with van der Waals surface area (Å²) >= 11 is 0. The number of carbonyl (C=O) groups is 1. The van der Waals surface area contributed by atoms with Gasteiger partial charge in [0.15, 0.2) is 11.2 Å². The van der Waals surface area contributed by atoms with Gasteiger partial charge >= 0.3 is 13.7 Å². The summed E-state index contributed by atoms with van der Waals surface area (Å²) in [7, 11) is -2.72. The van der Waals surface area contributed by atoms with E-state index in [1.54, 1.807) is 62.6 Å². The van der Waals surface area contributed by atoms with Gasteiger partial charge in [-0.25, -0.2) is 9.55 Å². The van der Waals surface area contributed by atoms with Crippen LogP contribution in [0.3, 0.4) is 0 Å². The van der Waals surface area contributed by atoms with Crippen LogP contribution in [0.1, 0.15) is 40.8 Å². The maximum Gasteiger partial charge on any atom is 0.459 e. The minimum Gasteiger partial charge on any atom is -0.479 e. The van der Waals surface area contributed by atoms with Crippen molar-refractivity contribution < 1.29 is 37.7 Å². The van der Waals surface area contributed by atoms with Crippen LogP contribution in [0.5, 0.6) is 11.6 Å². The first-order valence-electron chi connectivity index (χ1n) is 12.7. The second kappa shape index (κ2) is 11.7. The normalized spacial score (nSPS) is 22.6. The van der Waals surface area contributed by atoms with E-state index >= 15 is 0 Å². The molecule has 0 radical (unpaired) electrons. The number of carbonyl (C=O) groups excluding carboxylic acids is 1. The summed E-state index contributed by atoms with van der Waals surface area (Å²) in [6.07, 6.45) is -1.64. The average molecular weight is 579 g/mol. The number of aromatic nitrogens is 4. The fraction of sp³-hybridized carbons (Fsp3) is 0.520. The van der Waals surface area contributed by atoms with Crippen LogP contribution in [-0.4, -0.2) is 68.7 Å². The Morgan fingerprint density at radius 3 is 2.60 bits per heavy atom. The molecular weight excluding hydrogens is 543 g/mol. The molecule has 0 saturated carbocycles. The topological polar surface area (TPSA) is 182 Å². The second-order valence-corrected chi connectivity index (χ2v) is 11.9. The molecule has 1 aliphatic rings. The van der Waals surface area contributed by atoms with Gasteiger partial charge in [-0.3, -0.25) is 13.9 Å². The average Bonchev–Trinajstić information content (AvgIpc) is 3.40. The molecule has 1 aliphatic heterocycles. The summed E-state index contributed by atoms with van der Waals surface area (Å²) < 4.78 is 43.6. The monoisotopic (exact) mass is 578 g/mol. The van der Waals surface area contributed by atoms with Crippen molar-refractivity contribution in [3.63, 3.8) is 0 Å². The van der Waals surface area contributed by atoms with Crippen molar-refractivity contribution in [3.05, 3.63) is 36.7 Å². The highest BCUT2D eigenvalue weighted by Gasteiger charge is 2.52. The van der Waals surface area contributed by atoms with E-state index in [4.69, 9.17) is 29.0 Å². The van der Waals surface area contributed by atoms with Crippen LogP contribution in [0.2, 0.25) is 0 Å². The molecule has 1 fully saturated rings. The fourth-order valence-electron chi connectivity index (χ4n) is 4.32. The number of para-hydroxylation sites is 1. The SMILES string of the molecule is COc1nc(N)nc2c1ncn2[C@@H]1O[C@H](COP(=O)(N[C@@H](C)C(=O)OC(C)C)Oc2ccccc2)[C@@H](O)C1(C)C. The standard InChI is InChI=1S/C25H35N6O8P/c1-14(2)37-22(33)15(3)30-40(34,39-16-10-8-7-9-11-16)36-12-17-19(32)25(4,5)23(38-17)31-13-27-18-20(31)28-24(26)29-21(18)35-6/h7-11,13-15,17,19,23,32H,12H2,1-6H3,(H,30,34)(H2,26,28,29)/t15-,17+,19+,23+,40?/m0/s1. The number of ether oxygens (including phenoxy) is 3. The van der Waals surface area contributed by atoms with Gasteiger partial charge in [0.25, 0.3) is 0 Å². The third kappa shape index (κ3) is 6.21. The highest BCUT2D eigenvalue weighted by molar-refractivity contribution is 7.52. The van der Waals surface area contributed by atoms with E-state index in [1.807, 2.05) is 0 Å². The summed E-state index contributed by atoms with van der Waals surface area (Å²) in [5, 5.41) is 13.9. The van der Waals surface area contributed by atoms with Crippen molar-refractivity contribution in [3.8, 4) is 11.6 Å². The van der Waals surface area contributed by atoms with E-state index in [1.165, 1.54) is 20.4 Å². The van der Waals surface area contributed by atoms with Gasteiger partial charge < -0.3 is 29.6 Å². The number of nitrogens with zero attached hydrogens (tertiary/aromatic N) is 4. The second-order valence-electron chi connectivity index (χ2n) is 10.2. The van der Waals surface area contributed by atoms with E-state index in [2.05, 4.69) is 20.0 Å². The molecule has 1 aromatic carbocycles. The molecule has 15 heteroatoms. The summed E-state index contributed by atoms with van der Waals surface area (Å²) in [4.78, 5) is 25.1. The van der Waals surface area contributed by atoms with Crippen molar-refractivity contribution in [1.82, 2.24) is 24.6 Å². The van der Waals surface area contributed by atoms with Crippen LogP contribution >= 0.6 is 7.75 Å². The van der Waals surface area contributed by atoms with Gasteiger partial charge in [0.1, 0.15) is 24.1 Å². The summed E-state index contributed by atoms with van der Waals surface area (Å²) in [6, 6.07) is 7.35. The van der Waals surface area contributed by atoms with Crippen LogP contribution in [0.15, 0.2) is 36.7 Å². The fourth-order valence-corrected chi connectivity index (χ4v) is 5.82. The van der Waals surface area contributed by atoms with Crippen LogP contribution in [0, 0.1) is 5.41 Å². The smallest absolute Gasteiger partial charge is 0.459 e. The number of fused-ring (bicyclic) bond motifs is 1. The number of anilines is 1.